The third kappa shape index (κ3) is 4.01. The predicted octanol–water partition coefficient (Wildman–Crippen LogP) is 4.16. The lowest BCUT2D eigenvalue weighted by atomic mass is 10.0. The van der Waals surface area contributed by atoms with Gasteiger partial charge in [-0.3, -0.25) is 14.9 Å². The SMILES string of the molecule is N#Cc1c(F)cccc1N1CCN(c2ccc(C(=O)c3ccccc3)cc2[N+](=O)[O-])CC1. The predicted molar refractivity (Wildman–Crippen MR) is 119 cm³/mol. The van der Waals surface area contributed by atoms with E-state index in [0.29, 0.717) is 43.1 Å². The summed E-state index contributed by atoms with van der Waals surface area (Å²) in [6.07, 6.45) is 0. The number of nitrogens with zero attached hydrogens (tertiary/aromatic N) is 4. The van der Waals surface area contributed by atoms with Crippen molar-refractivity contribution in [2.75, 3.05) is 36.0 Å². The van der Waals surface area contributed by atoms with Gasteiger partial charge in [0.1, 0.15) is 23.1 Å². The van der Waals surface area contributed by atoms with Crippen molar-refractivity contribution < 1.29 is 14.1 Å². The Morgan fingerprint density at radius 3 is 2.19 bits per heavy atom. The molecule has 1 fully saturated rings. The number of nitro benzene ring substituents is 1. The Labute approximate surface area is 184 Å². The van der Waals surface area contributed by atoms with E-state index in [4.69, 9.17) is 0 Å². The number of nitriles is 1. The van der Waals surface area contributed by atoms with E-state index in [1.807, 2.05) is 15.9 Å². The van der Waals surface area contributed by atoms with Crippen LogP contribution in [0.4, 0.5) is 21.5 Å². The summed E-state index contributed by atoms with van der Waals surface area (Å²) in [5.74, 6) is -0.845. The molecule has 1 aliphatic heterocycles. The van der Waals surface area contributed by atoms with Crippen molar-refractivity contribution in [3.8, 4) is 6.07 Å². The monoisotopic (exact) mass is 430 g/mol. The van der Waals surface area contributed by atoms with E-state index >= 15 is 0 Å². The van der Waals surface area contributed by atoms with Gasteiger partial charge in [-0.15, -0.1) is 0 Å². The molecule has 1 heterocycles. The molecule has 0 amide bonds. The molecule has 1 aliphatic rings. The Morgan fingerprint density at radius 1 is 0.906 bits per heavy atom. The van der Waals surface area contributed by atoms with Gasteiger partial charge in [0.15, 0.2) is 5.78 Å². The molecule has 7 nitrogen and oxygen atoms in total. The Hall–Kier alpha value is -4.25. The summed E-state index contributed by atoms with van der Waals surface area (Å²) in [4.78, 5) is 27.7. The number of carbonyl (C=O) groups is 1. The van der Waals surface area contributed by atoms with Crippen LogP contribution >= 0.6 is 0 Å². The minimum absolute atomic E-state index is 0.00397. The summed E-state index contributed by atoms with van der Waals surface area (Å²) in [6, 6.07) is 19.6. The smallest absolute Gasteiger partial charge is 0.293 e. The number of hydrogen-bond donors (Lipinski definition) is 0. The average Bonchev–Trinajstić information content (AvgIpc) is 2.83. The fourth-order valence-electron chi connectivity index (χ4n) is 3.91. The molecule has 0 N–H and O–H groups in total. The number of nitro groups is 1. The normalized spacial score (nSPS) is 13.5. The molecule has 0 radical (unpaired) electrons. The Bertz CT molecular complexity index is 1220. The van der Waals surface area contributed by atoms with Gasteiger partial charge in [0, 0.05) is 43.4 Å². The van der Waals surface area contributed by atoms with Gasteiger partial charge < -0.3 is 9.80 Å². The molecule has 4 rings (SSSR count). The van der Waals surface area contributed by atoms with Crippen LogP contribution < -0.4 is 9.80 Å². The zero-order chi connectivity index (χ0) is 22.7. The fourth-order valence-corrected chi connectivity index (χ4v) is 3.91. The lowest BCUT2D eigenvalue weighted by Crippen LogP contribution is -2.47. The minimum Gasteiger partial charge on any atom is -0.367 e. The van der Waals surface area contributed by atoms with Gasteiger partial charge in [0.05, 0.1) is 10.6 Å². The van der Waals surface area contributed by atoms with Crippen LogP contribution in [0, 0.1) is 27.3 Å². The van der Waals surface area contributed by atoms with Gasteiger partial charge in [-0.1, -0.05) is 36.4 Å². The number of rotatable bonds is 5. The van der Waals surface area contributed by atoms with Crippen LogP contribution in [0.25, 0.3) is 0 Å². The van der Waals surface area contributed by atoms with E-state index < -0.39 is 10.7 Å². The molecule has 0 saturated carbocycles. The number of halogens is 1. The molecule has 160 valence electrons. The van der Waals surface area contributed by atoms with Crippen LogP contribution in [0.3, 0.4) is 0 Å². The third-order valence-corrected chi connectivity index (χ3v) is 5.53. The Morgan fingerprint density at radius 2 is 1.56 bits per heavy atom. The van der Waals surface area contributed by atoms with Crippen molar-refractivity contribution in [2.45, 2.75) is 0 Å². The summed E-state index contributed by atoms with van der Waals surface area (Å²) in [6.45, 7) is 1.85. The molecule has 0 unspecified atom stereocenters. The molecule has 3 aromatic carbocycles. The van der Waals surface area contributed by atoms with Crippen molar-refractivity contribution in [1.29, 1.82) is 5.26 Å². The van der Waals surface area contributed by atoms with Gasteiger partial charge >= 0.3 is 0 Å². The number of hydrogen-bond acceptors (Lipinski definition) is 6. The van der Waals surface area contributed by atoms with Crippen LogP contribution in [0.1, 0.15) is 21.5 Å². The van der Waals surface area contributed by atoms with E-state index in [9.17, 15) is 24.6 Å². The van der Waals surface area contributed by atoms with Gasteiger partial charge in [-0.2, -0.15) is 5.26 Å². The van der Waals surface area contributed by atoms with Crippen molar-refractivity contribution in [3.63, 3.8) is 0 Å². The lowest BCUT2D eigenvalue weighted by molar-refractivity contribution is -0.384. The van der Waals surface area contributed by atoms with E-state index in [2.05, 4.69) is 0 Å². The molecule has 3 aromatic rings. The molecule has 8 heteroatoms. The van der Waals surface area contributed by atoms with Crippen LogP contribution in [-0.4, -0.2) is 36.9 Å². The maximum atomic E-state index is 14.0. The number of anilines is 2. The fraction of sp³-hybridized carbons (Fsp3) is 0.167. The highest BCUT2D eigenvalue weighted by atomic mass is 19.1. The summed E-state index contributed by atoms with van der Waals surface area (Å²) >= 11 is 0. The number of carbonyl (C=O) groups excluding carboxylic acids is 1. The second-order valence-electron chi connectivity index (χ2n) is 7.38. The Balaban J connectivity index is 1.56. The summed E-state index contributed by atoms with van der Waals surface area (Å²) in [5, 5.41) is 21.0. The number of ketones is 1. The minimum atomic E-state index is -0.568. The summed E-state index contributed by atoms with van der Waals surface area (Å²) < 4.78 is 14.0. The van der Waals surface area contributed by atoms with Crippen molar-refractivity contribution >= 4 is 22.8 Å². The largest absolute Gasteiger partial charge is 0.367 e. The maximum Gasteiger partial charge on any atom is 0.293 e. The van der Waals surface area contributed by atoms with Gasteiger partial charge in [0.2, 0.25) is 0 Å². The van der Waals surface area contributed by atoms with Crippen molar-refractivity contribution in [3.05, 3.63) is 99.4 Å². The molecule has 0 atom stereocenters. The van der Waals surface area contributed by atoms with Crippen molar-refractivity contribution in [1.82, 2.24) is 0 Å². The zero-order valence-electron chi connectivity index (χ0n) is 17.1. The first-order valence-electron chi connectivity index (χ1n) is 10.1. The zero-order valence-corrected chi connectivity index (χ0v) is 17.1. The van der Waals surface area contributed by atoms with Crippen molar-refractivity contribution in [2.24, 2.45) is 0 Å². The molecular weight excluding hydrogens is 411 g/mol. The molecule has 0 aliphatic carbocycles. The first kappa shape index (κ1) is 21.0. The topological polar surface area (TPSA) is 90.5 Å². The second-order valence-corrected chi connectivity index (χ2v) is 7.38. The molecule has 0 aromatic heterocycles. The molecular formula is C24H19FN4O3. The van der Waals surface area contributed by atoms with Crippen LogP contribution in [0.15, 0.2) is 66.7 Å². The molecule has 1 saturated heterocycles. The first-order chi connectivity index (χ1) is 15.5. The summed E-state index contributed by atoms with van der Waals surface area (Å²) in [7, 11) is 0. The van der Waals surface area contributed by atoms with E-state index in [-0.39, 0.29) is 22.6 Å². The van der Waals surface area contributed by atoms with Gasteiger partial charge in [-0.25, -0.2) is 4.39 Å². The molecule has 0 spiro atoms. The highest BCUT2D eigenvalue weighted by Gasteiger charge is 2.26. The third-order valence-electron chi connectivity index (χ3n) is 5.53. The molecule has 0 bridgehead atoms. The standard InChI is InChI=1S/C24H19FN4O3/c25-20-7-4-8-21(19(20)16-26)27-11-13-28(14-12-27)22-10-9-18(15-23(22)29(31)32)24(30)17-5-2-1-3-6-17/h1-10,15H,11-14H2. The first-order valence-corrected chi connectivity index (χ1v) is 10.1. The van der Waals surface area contributed by atoms with Crippen LogP contribution in [0.2, 0.25) is 0 Å². The highest BCUT2D eigenvalue weighted by Crippen LogP contribution is 2.32. The second kappa shape index (κ2) is 8.86. The maximum absolute atomic E-state index is 14.0. The lowest BCUT2D eigenvalue weighted by Gasteiger charge is -2.37. The average molecular weight is 430 g/mol. The van der Waals surface area contributed by atoms with Gasteiger partial charge in [-0.05, 0) is 24.3 Å². The van der Waals surface area contributed by atoms with E-state index in [1.165, 1.54) is 12.1 Å². The molecule has 32 heavy (non-hydrogen) atoms. The van der Waals surface area contributed by atoms with Gasteiger partial charge in [0.25, 0.3) is 5.69 Å². The number of piperazine rings is 1. The Kier molecular flexibility index (Phi) is 5.81. The number of benzene rings is 3. The highest BCUT2D eigenvalue weighted by molar-refractivity contribution is 6.09. The van der Waals surface area contributed by atoms with Crippen LogP contribution in [0.5, 0.6) is 0 Å². The quantitative estimate of drug-likeness (QED) is 0.343. The van der Waals surface area contributed by atoms with E-state index in [1.54, 1.807) is 54.6 Å². The van der Waals surface area contributed by atoms with Crippen LogP contribution in [-0.2, 0) is 0 Å². The van der Waals surface area contributed by atoms with E-state index in [0.717, 1.165) is 0 Å². The summed E-state index contributed by atoms with van der Waals surface area (Å²) in [5.41, 5.74) is 1.53.